The van der Waals surface area contributed by atoms with Crippen LogP contribution in [0.5, 0.6) is 5.75 Å². The van der Waals surface area contributed by atoms with E-state index < -0.39 is 0 Å². The number of methoxy groups -OCH3 is 1. The number of aromatic nitrogens is 1. The van der Waals surface area contributed by atoms with E-state index in [0.717, 1.165) is 28.3 Å². The fraction of sp³-hybridized carbons (Fsp3) is 0.143. The number of nitrogens with zero attached hydrogens (tertiary/aromatic N) is 1. The largest absolute Gasteiger partial charge is 0.496 e. The molecule has 0 aliphatic carbocycles. The number of para-hydroxylation sites is 1. The van der Waals surface area contributed by atoms with Gasteiger partial charge in [0, 0.05) is 30.2 Å². The maximum Gasteiger partial charge on any atom is 0.257 e. The molecule has 3 aromatic rings. The summed E-state index contributed by atoms with van der Waals surface area (Å²) in [6, 6.07) is 17.3. The van der Waals surface area contributed by atoms with Crippen LogP contribution in [0.1, 0.15) is 21.5 Å². The van der Waals surface area contributed by atoms with Gasteiger partial charge in [-0.3, -0.25) is 9.78 Å². The summed E-state index contributed by atoms with van der Waals surface area (Å²) in [5, 5.41) is 6.16. The highest BCUT2D eigenvalue weighted by atomic mass is 16.5. The number of pyridine rings is 1. The van der Waals surface area contributed by atoms with Crippen LogP contribution in [0, 0.1) is 6.92 Å². The van der Waals surface area contributed by atoms with Crippen molar-refractivity contribution in [3.63, 3.8) is 0 Å². The van der Waals surface area contributed by atoms with Gasteiger partial charge in [0.05, 0.1) is 18.4 Å². The molecule has 0 radical (unpaired) electrons. The third-order valence-electron chi connectivity index (χ3n) is 3.99. The standard InChI is InChI=1S/C21H21N3O2/c1-15-7-9-18(10-8-15)24-21(25)17-11-19(14-22-12-17)23-13-16-5-3-4-6-20(16)26-2/h3-12,14,23H,13H2,1-2H3,(H,24,25). The van der Waals surface area contributed by atoms with Gasteiger partial charge in [0.25, 0.3) is 5.91 Å². The summed E-state index contributed by atoms with van der Waals surface area (Å²) in [7, 11) is 1.65. The number of carbonyl (C=O) groups is 1. The molecule has 0 spiro atoms. The van der Waals surface area contributed by atoms with Gasteiger partial charge >= 0.3 is 0 Å². The van der Waals surface area contributed by atoms with Crippen LogP contribution in [-0.2, 0) is 6.54 Å². The lowest BCUT2D eigenvalue weighted by atomic mass is 10.2. The highest BCUT2D eigenvalue weighted by molar-refractivity contribution is 6.04. The summed E-state index contributed by atoms with van der Waals surface area (Å²) in [6.07, 6.45) is 3.25. The molecule has 0 atom stereocenters. The zero-order chi connectivity index (χ0) is 18.4. The van der Waals surface area contributed by atoms with Crippen molar-refractivity contribution < 1.29 is 9.53 Å². The van der Waals surface area contributed by atoms with Gasteiger partial charge < -0.3 is 15.4 Å². The predicted molar refractivity (Wildman–Crippen MR) is 104 cm³/mol. The zero-order valence-electron chi connectivity index (χ0n) is 14.8. The highest BCUT2D eigenvalue weighted by Crippen LogP contribution is 2.19. The SMILES string of the molecule is COc1ccccc1CNc1cncc(C(=O)Nc2ccc(C)cc2)c1. The number of benzene rings is 2. The van der Waals surface area contributed by atoms with Crippen molar-refractivity contribution in [1.82, 2.24) is 4.98 Å². The number of hydrogen-bond donors (Lipinski definition) is 2. The highest BCUT2D eigenvalue weighted by Gasteiger charge is 2.08. The normalized spacial score (nSPS) is 10.2. The number of hydrogen-bond acceptors (Lipinski definition) is 4. The predicted octanol–water partition coefficient (Wildman–Crippen LogP) is 4.26. The van der Waals surface area contributed by atoms with Gasteiger partial charge in [-0.05, 0) is 31.2 Å². The van der Waals surface area contributed by atoms with Crippen LogP contribution >= 0.6 is 0 Å². The second kappa shape index (κ2) is 8.16. The molecule has 1 aromatic heterocycles. The first kappa shape index (κ1) is 17.5. The minimum absolute atomic E-state index is 0.192. The van der Waals surface area contributed by atoms with Crippen LogP contribution in [0.4, 0.5) is 11.4 Å². The first-order valence-corrected chi connectivity index (χ1v) is 8.34. The molecular weight excluding hydrogens is 326 g/mol. The molecule has 1 heterocycles. The third kappa shape index (κ3) is 4.39. The Labute approximate surface area is 153 Å². The van der Waals surface area contributed by atoms with E-state index in [4.69, 9.17) is 4.74 Å². The number of anilines is 2. The Balaban J connectivity index is 1.67. The molecule has 5 nitrogen and oxygen atoms in total. The molecule has 26 heavy (non-hydrogen) atoms. The number of ether oxygens (including phenoxy) is 1. The number of amides is 1. The fourth-order valence-corrected chi connectivity index (χ4v) is 2.55. The molecule has 0 saturated carbocycles. The summed E-state index contributed by atoms with van der Waals surface area (Å²) in [5.74, 6) is 0.628. The Morgan fingerprint density at radius 1 is 1.04 bits per heavy atom. The van der Waals surface area contributed by atoms with Crippen molar-refractivity contribution in [2.75, 3.05) is 17.7 Å². The molecular formula is C21H21N3O2. The average molecular weight is 347 g/mol. The van der Waals surface area contributed by atoms with Crippen LogP contribution in [0.2, 0.25) is 0 Å². The van der Waals surface area contributed by atoms with E-state index in [-0.39, 0.29) is 5.91 Å². The lowest BCUT2D eigenvalue weighted by Crippen LogP contribution is -2.12. The monoisotopic (exact) mass is 347 g/mol. The Kier molecular flexibility index (Phi) is 5.49. The number of carbonyl (C=O) groups excluding carboxylic acids is 1. The van der Waals surface area contributed by atoms with E-state index in [2.05, 4.69) is 15.6 Å². The maximum absolute atomic E-state index is 12.4. The lowest BCUT2D eigenvalue weighted by molar-refractivity contribution is 0.102. The van der Waals surface area contributed by atoms with Crippen LogP contribution in [-0.4, -0.2) is 18.0 Å². The molecule has 0 aliphatic rings. The Bertz CT molecular complexity index is 892. The fourth-order valence-electron chi connectivity index (χ4n) is 2.55. The summed E-state index contributed by atoms with van der Waals surface area (Å²) in [5.41, 5.74) is 4.20. The third-order valence-corrected chi connectivity index (χ3v) is 3.99. The van der Waals surface area contributed by atoms with Gasteiger partial charge in [-0.2, -0.15) is 0 Å². The number of nitrogens with one attached hydrogen (secondary N) is 2. The Hall–Kier alpha value is -3.34. The van der Waals surface area contributed by atoms with Gasteiger partial charge in [-0.1, -0.05) is 35.9 Å². The average Bonchev–Trinajstić information content (AvgIpc) is 2.68. The first-order chi connectivity index (χ1) is 12.7. The molecule has 0 bridgehead atoms. The van der Waals surface area contributed by atoms with Crippen molar-refractivity contribution in [2.45, 2.75) is 13.5 Å². The smallest absolute Gasteiger partial charge is 0.257 e. The van der Waals surface area contributed by atoms with E-state index in [9.17, 15) is 4.79 Å². The summed E-state index contributed by atoms with van der Waals surface area (Å²) in [4.78, 5) is 16.6. The van der Waals surface area contributed by atoms with Crippen LogP contribution in [0.25, 0.3) is 0 Å². The molecule has 2 N–H and O–H groups in total. The quantitative estimate of drug-likeness (QED) is 0.699. The second-order valence-electron chi connectivity index (χ2n) is 5.95. The van der Waals surface area contributed by atoms with Crippen molar-refractivity contribution >= 4 is 17.3 Å². The van der Waals surface area contributed by atoms with Gasteiger partial charge in [0.1, 0.15) is 5.75 Å². The lowest BCUT2D eigenvalue weighted by Gasteiger charge is -2.11. The minimum Gasteiger partial charge on any atom is -0.496 e. The zero-order valence-corrected chi connectivity index (χ0v) is 14.8. The van der Waals surface area contributed by atoms with E-state index in [1.807, 2.05) is 55.5 Å². The van der Waals surface area contributed by atoms with Gasteiger partial charge in [0.2, 0.25) is 0 Å². The molecule has 0 unspecified atom stereocenters. The number of aryl methyl sites for hydroxylation is 1. The Morgan fingerprint density at radius 3 is 2.58 bits per heavy atom. The van der Waals surface area contributed by atoms with Crippen molar-refractivity contribution in [3.05, 3.63) is 83.7 Å². The van der Waals surface area contributed by atoms with E-state index in [1.165, 1.54) is 0 Å². The van der Waals surface area contributed by atoms with Gasteiger partial charge in [0.15, 0.2) is 0 Å². The summed E-state index contributed by atoms with van der Waals surface area (Å²) >= 11 is 0. The molecule has 0 fully saturated rings. The molecule has 5 heteroatoms. The summed E-state index contributed by atoms with van der Waals surface area (Å²) in [6.45, 7) is 2.58. The molecule has 2 aromatic carbocycles. The topological polar surface area (TPSA) is 63.2 Å². The second-order valence-corrected chi connectivity index (χ2v) is 5.95. The van der Waals surface area contributed by atoms with Crippen LogP contribution < -0.4 is 15.4 Å². The van der Waals surface area contributed by atoms with Crippen molar-refractivity contribution in [3.8, 4) is 5.75 Å². The molecule has 1 amide bonds. The van der Waals surface area contributed by atoms with Crippen LogP contribution in [0.15, 0.2) is 67.0 Å². The van der Waals surface area contributed by atoms with Crippen molar-refractivity contribution in [1.29, 1.82) is 0 Å². The summed E-state index contributed by atoms with van der Waals surface area (Å²) < 4.78 is 5.35. The molecule has 3 rings (SSSR count). The van der Waals surface area contributed by atoms with E-state index in [0.29, 0.717) is 12.1 Å². The first-order valence-electron chi connectivity index (χ1n) is 8.34. The number of rotatable bonds is 6. The Morgan fingerprint density at radius 2 is 1.81 bits per heavy atom. The van der Waals surface area contributed by atoms with Crippen molar-refractivity contribution in [2.24, 2.45) is 0 Å². The molecule has 132 valence electrons. The van der Waals surface area contributed by atoms with E-state index in [1.54, 1.807) is 25.6 Å². The van der Waals surface area contributed by atoms with Crippen LogP contribution in [0.3, 0.4) is 0 Å². The van der Waals surface area contributed by atoms with Gasteiger partial charge in [-0.25, -0.2) is 0 Å². The molecule has 0 aliphatic heterocycles. The minimum atomic E-state index is -0.192. The molecule has 0 saturated heterocycles. The maximum atomic E-state index is 12.4. The van der Waals surface area contributed by atoms with Gasteiger partial charge in [-0.15, -0.1) is 0 Å². The van der Waals surface area contributed by atoms with E-state index >= 15 is 0 Å².